The Bertz CT molecular complexity index is 780. The van der Waals surface area contributed by atoms with Crippen molar-refractivity contribution in [3.8, 4) is 0 Å². The summed E-state index contributed by atoms with van der Waals surface area (Å²) in [5.74, 6) is 0.890. The number of guanidine groups is 1. The normalized spacial score (nSPS) is 15.8. The number of aryl methyl sites for hydroxylation is 2. The van der Waals surface area contributed by atoms with Gasteiger partial charge in [-0.05, 0) is 57.1 Å². The Morgan fingerprint density at radius 1 is 1.20 bits per heavy atom. The molecule has 0 bridgehead atoms. The van der Waals surface area contributed by atoms with Crippen molar-refractivity contribution in [3.63, 3.8) is 0 Å². The number of hydrogen-bond donors (Lipinski definition) is 2. The summed E-state index contributed by atoms with van der Waals surface area (Å²) in [4.78, 5) is 8.96. The minimum atomic E-state index is 0. The minimum absolute atomic E-state index is 0. The van der Waals surface area contributed by atoms with Gasteiger partial charge in [0.1, 0.15) is 0 Å². The number of rotatable bonds is 9. The molecule has 0 aromatic carbocycles. The van der Waals surface area contributed by atoms with E-state index in [-0.39, 0.29) is 24.0 Å². The molecule has 0 aliphatic carbocycles. The van der Waals surface area contributed by atoms with Crippen LogP contribution in [-0.2, 0) is 26.4 Å². The van der Waals surface area contributed by atoms with Gasteiger partial charge in [-0.2, -0.15) is 5.10 Å². The molecule has 1 saturated heterocycles. The molecule has 2 aromatic heterocycles. The highest BCUT2D eigenvalue weighted by atomic mass is 127. The number of likely N-dealkylation sites (tertiary alicyclic amines) is 1. The first-order valence-electron chi connectivity index (χ1n) is 11.0. The van der Waals surface area contributed by atoms with Crippen LogP contribution in [0.2, 0.25) is 0 Å². The van der Waals surface area contributed by atoms with Crippen molar-refractivity contribution in [2.45, 2.75) is 59.0 Å². The topological polar surface area (TPSA) is 57.5 Å². The van der Waals surface area contributed by atoms with Crippen molar-refractivity contribution in [2.75, 3.05) is 26.2 Å². The standard InChI is InChI=1S/C22H36N6S.HI/c1-5-18-17(19(6-2)27(4)26-18)15-24-22(23-7-3)25-16-20(21-11-10-14-29-21)28-12-8-9-13-28;/h10-11,14,20H,5-9,12-13,15-16H2,1-4H3,(H2,23,24,25);1H. The number of nitrogens with zero attached hydrogens (tertiary/aromatic N) is 4. The molecule has 2 N–H and O–H groups in total. The minimum Gasteiger partial charge on any atom is -0.357 e. The Balaban J connectivity index is 0.00000320. The summed E-state index contributed by atoms with van der Waals surface area (Å²) in [7, 11) is 2.04. The summed E-state index contributed by atoms with van der Waals surface area (Å²) in [5, 5.41) is 13.9. The van der Waals surface area contributed by atoms with Crippen molar-refractivity contribution in [3.05, 3.63) is 39.3 Å². The zero-order valence-electron chi connectivity index (χ0n) is 18.8. The molecule has 1 atom stereocenters. The molecular weight excluding hydrogens is 507 g/mol. The lowest BCUT2D eigenvalue weighted by Gasteiger charge is -2.27. The number of hydrogen-bond acceptors (Lipinski definition) is 4. The van der Waals surface area contributed by atoms with E-state index in [0.717, 1.165) is 37.6 Å². The Kier molecular flexibility index (Phi) is 10.6. The van der Waals surface area contributed by atoms with Crippen molar-refractivity contribution in [1.82, 2.24) is 25.3 Å². The van der Waals surface area contributed by atoms with Crippen molar-refractivity contribution in [1.29, 1.82) is 0 Å². The molecule has 30 heavy (non-hydrogen) atoms. The maximum absolute atomic E-state index is 4.92. The zero-order chi connectivity index (χ0) is 20.6. The quantitative estimate of drug-likeness (QED) is 0.284. The summed E-state index contributed by atoms with van der Waals surface area (Å²) < 4.78 is 2.02. The van der Waals surface area contributed by atoms with Gasteiger partial charge in [0.15, 0.2) is 5.96 Å². The van der Waals surface area contributed by atoms with Gasteiger partial charge in [0.25, 0.3) is 0 Å². The first-order chi connectivity index (χ1) is 14.2. The smallest absolute Gasteiger partial charge is 0.191 e. The second-order valence-electron chi connectivity index (χ2n) is 7.55. The maximum atomic E-state index is 4.92. The van der Waals surface area contributed by atoms with E-state index in [9.17, 15) is 0 Å². The Morgan fingerprint density at radius 3 is 2.57 bits per heavy atom. The van der Waals surface area contributed by atoms with E-state index < -0.39 is 0 Å². The molecule has 0 radical (unpaired) electrons. The number of nitrogens with one attached hydrogen (secondary N) is 2. The molecule has 1 aliphatic heterocycles. The molecule has 0 amide bonds. The molecule has 8 heteroatoms. The summed E-state index contributed by atoms with van der Waals surface area (Å²) in [5.41, 5.74) is 3.73. The lowest BCUT2D eigenvalue weighted by atomic mass is 10.1. The van der Waals surface area contributed by atoms with Gasteiger partial charge in [-0.1, -0.05) is 19.9 Å². The number of aliphatic imine (C=N–C) groups is 1. The fourth-order valence-corrected chi connectivity index (χ4v) is 5.07. The highest BCUT2D eigenvalue weighted by Gasteiger charge is 2.24. The van der Waals surface area contributed by atoms with Crippen LogP contribution in [0.4, 0.5) is 0 Å². The predicted molar refractivity (Wildman–Crippen MR) is 138 cm³/mol. The first-order valence-corrected chi connectivity index (χ1v) is 11.9. The molecule has 168 valence electrons. The first kappa shape index (κ1) is 25.1. The van der Waals surface area contributed by atoms with E-state index in [1.54, 1.807) is 0 Å². The Labute approximate surface area is 202 Å². The van der Waals surface area contributed by atoms with Gasteiger partial charge >= 0.3 is 0 Å². The van der Waals surface area contributed by atoms with Crippen LogP contribution < -0.4 is 10.6 Å². The molecule has 2 aromatic rings. The molecule has 0 spiro atoms. The Hall–Kier alpha value is -1.13. The van der Waals surface area contributed by atoms with Gasteiger partial charge in [0, 0.05) is 36.3 Å². The Morgan fingerprint density at radius 2 is 1.97 bits per heavy atom. The third-order valence-corrected chi connectivity index (χ3v) is 6.66. The third-order valence-electron chi connectivity index (χ3n) is 5.68. The lowest BCUT2D eigenvalue weighted by Crippen LogP contribution is -2.42. The highest BCUT2D eigenvalue weighted by Crippen LogP contribution is 2.27. The summed E-state index contributed by atoms with van der Waals surface area (Å²) in [6, 6.07) is 4.83. The fourth-order valence-electron chi connectivity index (χ4n) is 4.21. The van der Waals surface area contributed by atoms with E-state index in [2.05, 4.69) is 58.9 Å². The molecule has 3 rings (SSSR count). The number of thiophene rings is 1. The van der Waals surface area contributed by atoms with E-state index in [1.807, 2.05) is 23.1 Å². The van der Waals surface area contributed by atoms with Gasteiger partial charge < -0.3 is 10.6 Å². The monoisotopic (exact) mass is 544 g/mol. The predicted octanol–water partition coefficient (Wildman–Crippen LogP) is 4.12. The number of halogens is 1. The van der Waals surface area contributed by atoms with E-state index in [4.69, 9.17) is 4.99 Å². The highest BCUT2D eigenvalue weighted by molar-refractivity contribution is 14.0. The molecule has 1 fully saturated rings. The second-order valence-corrected chi connectivity index (χ2v) is 8.53. The molecule has 3 heterocycles. The van der Waals surface area contributed by atoms with Crippen LogP contribution in [0.3, 0.4) is 0 Å². The molecule has 1 unspecified atom stereocenters. The van der Waals surface area contributed by atoms with E-state index >= 15 is 0 Å². The lowest BCUT2D eigenvalue weighted by molar-refractivity contribution is 0.249. The summed E-state index contributed by atoms with van der Waals surface area (Å²) in [6.07, 6.45) is 4.53. The number of aromatic nitrogens is 2. The SMILES string of the molecule is CCNC(=NCc1c(CC)nn(C)c1CC)NCC(c1cccs1)N1CCCC1.I. The van der Waals surface area contributed by atoms with Crippen LogP contribution in [-0.4, -0.2) is 46.8 Å². The molecule has 0 saturated carbocycles. The van der Waals surface area contributed by atoms with Crippen LogP contribution in [0.1, 0.15) is 61.5 Å². The van der Waals surface area contributed by atoms with Crippen molar-refractivity contribution < 1.29 is 0 Å². The largest absolute Gasteiger partial charge is 0.357 e. The van der Waals surface area contributed by atoms with Crippen LogP contribution in [0.15, 0.2) is 22.5 Å². The average molecular weight is 545 g/mol. The summed E-state index contributed by atoms with van der Waals surface area (Å²) >= 11 is 1.85. The fraction of sp³-hybridized carbons (Fsp3) is 0.636. The van der Waals surface area contributed by atoms with Gasteiger partial charge in [0.05, 0.1) is 18.3 Å². The van der Waals surface area contributed by atoms with Crippen LogP contribution >= 0.6 is 35.3 Å². The maximum Gasteiger partial charge on any atom is 0.191 e. The van der Waals surface area contributed by atoms with E-state index in [0.29, 0.717) is 12.6 Å². The van der Waals surface area contributed by atoms with Crippen LogP contribution in [0, 0.1) is 0 Å². The van der Waals surface area contributed by atoms with Gasteiger partial charge in [0.2, 0.25) is 0 Å². The molecule has 1 aliphatic rings. The third kappa shape index (κ3) is 6.20. The van der Waals surface area contributed by atoms with Gasteiger partial charge in [-0.3, -0.25) is 9.58 Å². The van der Waals surface area contributed by atoms with Crippen molar-refractivity contribution >= 4 is 41.3 Å². The molecular formula is C22H37IN6S. The van der Waals surface area contributed by atoms with Crippen LogP contribution in [0.25, 0.3) is 0 Å². The average Bonchev–Trinajstić information content (AvgIpc) is 3.48. The van der Waals surface area contributed by atoms with Crippen molar-refractivity contribution in [2.24, 2.45) is 12.0 Å². The van der Waals surface area contributed by atoms with Crippen LogP contribution in [0.5, 0.6) is 0 Å². The van der Waals surface area contributed by atoms with Gasteiger partial charge in [-0.15, -0.1) is 35.3 Å². The zero-order valence-corrected chi connectivity index (χ0v) is 21.9. The van der Waals surface area contributed by atoms with Gasteiger partial charge in [-0.25, -0.2) is 4.99 Å². The van der Waals surface area contributed by atoms with E-state index in [1.165, 1.54) is 42.1 Å². The summed E-state index contributed by atoms with van der Waals surface area (Å²) in [6.45, 7) is 11.3. The molecule has 6 nitrogen and oxygen atoms in total. The second kappa shape index (κ2) is 12.7.